The summed E-state index contributed by atoms with van der Waals surface area (Å²) in [6.45, 7) is 1.99. The largest absolute Gasteiger partial charge is 0.493 e. The van der Waals surface area contributed by atoms with Gasteiger partial charge in [-0.1, -0.05) is 25.1 Å². The van der Waals surface area contributed by atoms with Gasteiger partial charge in [-0.25, -0.2) is 0 Å². The average molecular weight is 421 g/mol. The number of Topliss-reactive ketones (excluding diaryl/α,β-unsaturated/α-hetero) is 1. The van der Waals surface area contributed by atoms with Crippen molar-refractivity contribution < 1.29 is 19.1 Å². The van der Waals surface area contributed by atoms with E-state index in [0.29, 0.717) is 29.9 Å². The number of ketones is 1. The van der Waals surface area contributed by atoms with Crippen molar-refractivity contribution in [2.75, 3.05) is 24.4 Å². The van der Waals surface area contributed by atoms with Crippen LogP contribution < -0.4 is 19.7 Å². The van der Waals surface area contributed by atoms with Crippen LogP contribution >= 0.6 is 0 Å². The van der Waals surface area contributed by atoms with E-state index in [-0.39, 0.29) is 11.7 Å². The minimum atomic E-state index is -0.530. The zero-order valence-electron chi connectivity index (χ0n) is 18.2. The third-order valence-corrected chi connectivity index (χ3v) is 5.89. The molecule has 1 heterocycles. The lowest BCUT2D eigenvalue weighted by Gasteiger charge is -2.34. The molecule has 6 nitrogen and oxygen atoms in total. The minimum Gasteiger partial charge on any atom is -0.493 e. The third kappa shape index (κ3) is 3.78. The molecule has 2 aromatic carbocycles. The molecule has 1 atom stereocenters. The molecule has 1 amide bonds. The third-order valence-electron chi connectivity index (χ3n) is 5.89. The number of nitrogens with one attached hydrogen (secondary N) is 1. The molecule has 31 heavy (non-hydrogen) atoms. The Morgan fingerprint density at radius 3 is 2.61 bits per heavy atom. The molecule has 0 saturated carbocycles. The van der Waals surface area contributed by atoms with E-state index in [1.54, 1.807) is 19.1 Å². The SMILES string of the molecule is CCCC(=O)N1c2ccccc2NC2=C(C(=O)CCC2)[C@H]1c1ccc(OC)c(OC)c1. The van der Waals surface area contributed by atoms with Crippen molar-refractivity contribution in [3.05, 3.63) is 59.3 Å². The van der Waals surface area contributed by atoms with Gasteiger partial charge in [0.1, 0.15) is 0 Å². The predicted molar refractivity (Wildman–Crippen MR) is 121 cm³/mol. The zero-order chi connectivity index (χ0) is 22.0. The van der Waals surface area contributed by atoms with Gasteiger partial charge in [-0.05, 0) is 49.1 Å². The fraction of sp³-hybridized carbons (Fsp3) is 0.360. The molecule has 2 aromatic rings. The van der Waals surface area contributed by atoms with Gasteiger partial charge in [0.15, 0.2) is 17.3 Å². The number of methoxy groups -OCH3 is 2. The first-order chi connectivity index (χ1) is 15.1. The van der Waals surface area contributed by atoms with Crippen molar-refractivity contribution in [3.63, 3.8) is 0 Å². The lowest BCUT2D eigenvalue weighted by molar-refractivity contribution is -0.119. The van der Waals surface area contributed by atoms with E-state index in [1.807, 2.05) is 49.4 Å². The van der Waals surface area contributed by atoms with Crippen LogP contribution in [0.4, 0.5) is 11.4 Å². The van der Waals surface area contributed by atoms with Gasteiger partial charge < -0.3 is 14.8 Å². The van der Waals surface area contributed by atoms with Gasteiger partial charge in [0.2, 0.25) is 5.91 Å². The molecule has 1 N–H and O–H groups in total. The van der Waals surface area contributed by atoms with E-state index in [1.165, 1.54) is 0 Å². The molecule has 2 aliphatic rings. The summed E-state index contributed by atoms with van der Waals surface area (Å²) in [6, 6.07) is 12.8. The van der Waals surface area contributed by atoms with Gasteiger partial charge >= 0.3 is 0 Å². The second kappa shape index (κ2) is 8.84. The van der Waals surface area contributed by atoms with Gasteiger partial charge in [-0.2, -0.15) is 0 Å². The Balaban J connectivity index is 1.98. The van der Waals surface area contributed by atoms with Crippen LogP contribution in [0.5, 0.6) is 11.5 Å². The van der Waals surface area contributed by atoms with Crippen molar-refractivity contribution in [1.29, 1.82) is 0 Å². The summed E-state index contributed by atoms with van der Waals surface area (Å²) in [5.41, 5.74) is 4.01. The van der Waals surface area contributed by atoms with Gasteiger partial charge in [0.05, 0.1) is 31.6 Å². The van der Waals surface area contributed by atoms with E-state index in [2.05, 4.69) is 5.32 Å². The van der Waals surface area contributed by atoms with Crippen molar-refractivity contribution in [1.82, 2.24) is 0 Å². The number of para-hydroxylation sites is 2. The van der Waals surface area contributed by atoms with Crippen LogP contribution in [0.25, 0.3) is 0 Å². The van der Waals surface area contributed by atoms with Crippen LogP contribution in [0.15, 0.2) is 53.7 Å². The summed E-state index contributed by atoms with van der Waals surface area (Å²) in [5.74, 6) is 1.24. The second-order valence-corrected chi connectivity index (χ2v) is 7.84. The molecular weight excluding hydrogens is 392 g/mol. The van der Waals surface area contributed by atoms with E-state index < -0.39 is 6.04 Å². The minimum absolute atomic E-state index is 0.0105. The standard InChI is InChI=1S/C25H28N2O4/c1-4-8-23(29)27-19-11-6-5-9-17(19)26-18-10-7-12-20(28)24(18)25(27)16-13-14-21(30-2)22(15-16)31-3/h5-6,9,11,13-15,25-26H,4,7-8,10,12H2,1-3H3/t25-/m1/s1. The number of fused-ring (bicyclic) bond motifs is 1. The summed E-state index contributed by atoms with van der Waals surface area (Å²) in [7, 11) is 3.17. The highest BCUT2D eigenvalue weighted by Gasteiger charge is 2.39. The summed E-state index contributed by atoms with van der Waals surface area (Å²) >= 11 is 0. The van der Waals surface area contributed by atoms with E-state index in [4.69, 9.17) is 9.47 Å². The zero-order valence-corrected chi connectivity index (χ0v) is 18.2. The van der Waals surface area contributed by atoms with Crippen LogP contribution in [0.2, 0.25) is 0 Å². The highest BCUT2D eigenvalue weighted by atomic mass is 16.5. The molecule has 6 heteroatoms. The number of hydrogen-bond acceptors (Lipinski definition) is 5. The second-order valence-electron chi connectivity index (χ2n) is 7.84. The Bertz CT molecular complexity index is 1040. The first-order valence-electron chi connectivity index (χ1n) is 10.7. The van der Waals surface area contributed by atoms with Crippen LogP contribution in [0.1, 0.15) is 50.6 Å². The lowest BCUT2D eigenvalue weighted by atomic mass is 9.85. The van der Waals surface area contributed by atoms with Crippen LogP contribution in [-0.4, -0.2) is 25.9 Å². The van der Waals surface area contributed by atoms with E-state index in [9.17, 15) is 9.59 Å². The number of benzene rings is 2. The van der Waals surface area contributed by atoms with E-state index >= 15 is 0 Å². The van der Waals surface area contributed by atoms with Crippen LogP contribution in [0, 0.1) is 0 Å². The monoisotopic (exact) mass is 420 g/mol. The van der Waals surface area contributed by atoms with Gasteiger partial charge in [-0.3, -0.25) is 14.5 Å². The van der Waals surface area contributed by atoms with Crippen molar-refractivity contribution in [2.24, 2.45) is 0 Å². The molecule has 0 spiro atoms. The number of anilines is 2. The van der Waals surface area contributed by atoms with Gasteiger partial charge in [0, 0.05) is 24.1 Å². The number of rotatable bonds is 5. The van der Waals surface area contributed by atoms with Crippen molar-refractivity contribution in [2.45, 2.75) is 45.1 Å². The number of ether oxygens (including phenoxy) is 2. The topological polar surface area (TPSA) is 67.9 Å². The normalized spacial score (nSPS) is 18.0. The number of hydrogen-bond donors (Lipinski definition) is 1. The molecule has 1 aliphatic heterocycles. The smallest absolute Gasteiger partial charge is 0.227 e. The Morgan fingerprint density at radius 2 is 1.87 bits per heavy atom. The Hall–Kier alpha value is -3.28. The maximum absolute atomic E-state index is 13.5. The number of carbonyl (C=O) groups excluding carboxylic acids is 2. The fourth-order valence-corrected chi connectivity index (χ4v) is 4.48. The number of allylic oxidation sites excluding steroid dienone is 1. The summed E-state index contributed by atoms with van der Waals surface area (Å²) in [4.78, 5) is 28.5. The Morgan fingerprint density at radius 1 is 1.10 bits per heavy atom. The molecule has 0 unspecified atom stereocenters. The summed E-state index contributed by atoms with van der Waals surface area (Å²) in [5, 5.41) is 3.48. The summed E-state index contributed by atoms with van der Waals surface area (Å²) in [6.07, 6.45) is 3.18. The molecule has 0 aromatic heterocycles. The Kier molecular flexibility index (Phi) is 5.98. The van der Waals surface area contributed by atoms with Gasteiger partial charge in [0.25, 0.3) is 0 Å². The lowest BCUT2D eigenvalue weighted by Crippen LogP contribution is -2.37. The molecule has 162 valence electrons. The molecular formula is C25H28N2O4. The molecule has 0 fully saturated rings. The maximum atomic E-state index is 13.5. The first kappa shape index (κ1) is 21.0. The van der Waals surface area contributed by atoms with Crippen LogP contribution in [0.3, 0.4) is 0 Å². The van der Waals surface area contributed by atoms with E-state index in [0.717, 1.165) is 41.9 Å². The molecule has 0 bridgehead atoms. The highest BCUT2D eigenvalue weighted by Crippen LogP contribution is 2.46. The predicted octanol–water partition coefficient (Wildman–Crippen LogP) is 5.01. The average Bonchev–Trinajstić information content (AvgIpc) is 2.93. The quantitative estimate of drug-likeness (QED) is 0.736. The molecule has 4 rings (SSSR count). The maximum Gasteiger partial charge on any atom is 0.227 e. The number of nitrogens with zero attached hydrogens (tertiary/aromatic N) is 1. The van der Waals surface area contributed by atoms with Crippen LogP contribution in [-0.2, 0) is 9.59 Å². The van der Waals surface area contributed by atoms with Crippen molar-refractivity contribution >= 4 is 23.1 Å². The highest BCUT2D eigenvalue weighted by molar-refractivity contribution is 6.06. The van der Waals surface area contributed by atoms with Crippen molar-refractivity contribution in [3.8, 4) is 11.5 Å². The fourth-order valence-electron chi connectivity index (χ4n) is 4.48. The van der Waals surface area contributed by atoms with Gasteiger partial charge in [-0.15, -0.1) is 0 Å². The number of carbonyl (C=O) groups is 2. The number of amides is 1. The molecule has 1 aliphatic carbocycles. The molecule has 0 saturated heterocycles. The molecule has 0 radical (unpaired) electrons. The summed E-state index contributed by atoms with van der Waals surface area (Å²) < 4.78 is 10.9. The first-order valence-corrected chi connectivity index (χ1v) is 10.7. The Labute approximate surface area is 182 Å².